The summed E-state index contributed by atoms with van der Waals surface area (Å²) in [6.45, 7) is 4.56. The molecule has 0 N–H and O–H groups in total. The lowest BCUT2D eigenvalue weighted by Crippen LogP contribution is -2.50. The van der Waals surface area contributed by atoms with Crippen molar-refractivity contribution < 1.29 is 4.79 Å². The van der Waals surface area contributed by atoms with Gasteiger partial charge in [0.2, 0.25) is 5.91 Å². The van der Waals surface area contributed by atoms with Gasteiger partial charge in [-0.25, -0.2) is 0 Å². The molecule has 1 aliphatic heterocycles. The van der Waals surface area contributed by atoms with Crippen LogP contribution >= 0.6 is 0 Å². The summed E-state index contributed by atoms with van der Waals surface area (Å²) in [7, 11) is 0. The van der Waals surface area contributed by atoms with Gasteiger partial charge in [0.25, 0.3) is 0 Å². The molecule has 3 aliphatic carbocycles. The molecule has 1 aromatic rings. The molecule has 2 bridgehead atoms. The summed E-state index contributed by atoms with van der Waals surface area (Å²) in [4.78, 5) is 22.0. The molecule has 2 heterocycles. The van der Waals surface area contributed by atoms with E-state index in [2.05, 4.69) is 33.0 Å². The quantitative estimate of drug-likeness (QED) is 0.801. The van der Waals surface area contributed by atoms with Crippen LogP contribution in [0.2, 0.25) is 0 Å². The number of aromatic nitrogens is 1. The third kappa shape index (κ3) is 2.23. The molecule has 3 atom stereocenters. The molecule has 24 heavy (non-hydrogen) atoms. The summed E-state index contributed by atoms with van der Waals surface area (Å²) in [6.07, 6.45) is 10.4. The van der Waals surface area contributed by atoms with E-state index >= 15 is 0 Å². The Morgan fingerprint density at radius 1 is 1.17 bits per heavy atom. The smallest absolute Gasteiger partial charge is 0.226 e. The van der Waals surface area contributed by atoms with Gasteiger partial charge in [-0.1, -0.05) is 18.2 Å². The fourth-order valence-electron chi connectivity index (χ4n) is 5.34. The van der Waals surface area contributed by atoms with E-state index in [4.69, 9.17) is 0 Å². The van der Waals surface area contributed by atoms with Gasteiger partial charge in [-0.15, -0.1) is 0 Å². The van der Waals surface area contributed by atoms with Crippen molar-refractivity contribution in [1.82, 2.24) is 14.8 Å². The zero-order valence-corrected chi connectivity index (χ0v) is 14.1. The van der Waals surface area contributed by atoms with Crippen molar-refractivity contribution in [1.29, 1.82) is 0 Å². The Labute approximate surface area is 143 Å². The maximum Gasteiger partial charge on any atom is 0.226 e. The predicted molar refractivity (Wildman–Crippen MR) is 92.0 cm³/mol. The van der Waals surface area contributed by atoms with Crippen LogP contribution in [-0.2, 0) is 11.3 Å². The minimum atomic E-state index is 0.268. The molecule has 2 saturated carbocycles. The van der Waals surface area contributed by atoms with Crippen molar-refractivity contribution in [2.24, 2.45) is 23.2 Å². The van der Waals surface area contributed by atoms with Crippen LogP contribution in [0, 0.1) is 23.2 Å². The number of carbonyl (C=O) groups excluding carboxylic acids is 1. The Kier molecular flexibility index (Phi) is 3.30. The zero-order chi connectivity index (χ0) is 16.1. The van der Waals surface area contributed by atoms with Crippen LogP contribution in [0.1, 0.15) is 25.0 Å². The second-order valence-electron chi connectivity index (χ2n) is 8.02. The van der Waals surface area contributed by atoms with E-state index in [0.717, 1.165) is 44.8 Å². The lowest BCUT2D eigenvalue weighted by Gasteiger charge is -2.36. The van der Waals surface area contributed by atoms with Gasteiger partial charge in [0.05, 0.1) is 5.69 Å². The summed E-state index contributed by atoms with van der Waals surface area (Å²) >= 11 is 0. The van der Waals surface area contributed by atoms with Crippen molar-refractivity contribution in [3.8, 4) is 0 Å². The highest BCUT2D eigenvalue weighted by atomic mass is 16.2. The van der Waals surface area contributed by atoms with E-state index in [1.54, 1.807) is 0 Å². The summed E-state index contributed by atoms with van der Waals surface area (Å²) in [6, 6.07) is 6.07. The molecule has 0 unspecified atom stereocenters. The number of rotatable bonds is 3. The van der Waals surface area contributed by atoms with E-state index in [-0.39, 0.29) is 5.92 Å². The molecule has 5 rings (SSSR count). The minimum Gasteiger partial charge on any atom is -0.340 e. The second kappa shape index (κ2) is 5.41. The normalized spacial score (nSPS) is 33.3. The Morgan fingerprint density at radius 2 is 2.00 bits per heavy atom. The molecule has 0 aromatic carbocycles. The number of amides is 1. The van der Waals surface area contributed by atoms with Crippen molar-refractivity contribution in [3.63, 3.8) is 0 Å². The van der Waals surface area contributed by atoms with E-state index in [0.29, 0.717) is 23.2 Å². The Bertz CT molecular complexity index is 659. The number of hydrogen-bond acceptors (Lipinski definition) is 3. The van der Waals surface area contributed by atoms with Gasteiger partial charge in [-0.3, -0.25) is 14.7 Å². The van der Waals surface area contributed by atoms with Gasteiger partial charge >= 0.3 is 0 Å². The average molecular weight is 323 g/mol. The van der Waals surface area contributed by atoms with Crippen LogP contribution in [0.4, 0.5) is 0 Å². The second-order valence-corrected chi connectivity index (χ2v) is 8.02. The topological polar surface area (TPSA) is 36.4 Å². The van der Waals surface area contributed by atoms with Gasteiger partial charge in [-0.2, -0.15) is 0 Å². The number of pyridine rings is 1. The first kappa shape index (κ1) is 14.6. The Morgan fingerprint density at radius 3 is 2.67 bits per heavy atom. The summed E-state index contributed by atoms with van der Waals surface area (Å²) in [5.41, 5.74) is 1.63. The maximum absolute atomic E-state index is 13.0. The SMILES string of the molecule is O=C([C@@H]1C[C@H]2C=C[C@H]1C21CC1)N1CCN(Cc2ccccn2)CC1. The molecule has 1 saturated heterocycles. The van der Waals surface area contributed by atoms with Crippen LogP contribution < -0.4 is 0 Å². The lowest BCUT2D eigenvalue weighted by atomic mass is 9.88. The van der Waals surface area contributed by atoms with Crippen molar-refractivity contribution in [3.05, 3.63) is 42.2 Å². The fourth-order valence-corrected chi connectivity index (χ4v) is 5.34. The van der Waals surface area contributed by atoms with Gasteiger partial charge in [0.1, 0.15) is 0 Å². The van der Waals surface area contributed by atoms with Crippen molar-refractivity contribution in [2.45, 2.75) is 25.8 Å². The van der Waals surface area contributed by atoms with Crippen LogP contribution in [0.3, 0.4) is 0 Å². The first-order chi connectivity index (χ1) is 11.8. The molecule has 1 aromatic heterocycles. The van der Waals surface area contributed by atoms with E-state index in [1.807, 2.05) is 18.3 Å². The monoisotopic (exact) mass is 323 g/mol. The molecule has 1 spiro atoms. The molecular formula is C20H25N3O. The molecule has 0 radical (unpaired) electrons. The zero-order valence-electron chi connectivity index (χ0n) is 14.1. The van der Waals surface area contributed by atoms with Crippen molar-refractivity contribution >= 4 is 5.91 Å². The molecule has 126 valence electrons. The Hall–Kier alpha value is -1.68. The molecular weight excluding hydrogens is 298 g/mol. The highest BCUT2D eigenvalue weighted by molar-refractivity contribution is 5.80. The molecule has 4 aliphatic rings. The van der Waals surface area contributed by atoms with E-state index in [9.17, 15) is 4.79 Å². The van der Waals surface area contributed by atoms with Gasteiger partial charge < -0.3 is 4.90 Å². The first-order valence-corrected chi connectivity index (χ1v) is 9.36. The largest absolute Gasteiger partial charge is 0.340 e. The lowest BCUT2D eigenvalue weighted by molar-refractivity contribution is -0.138. The molecule has 4 heteroatoms. The van der Waals surface area contributed by atoms with E-state index in [1.165, 1.54) is 12.8 Å². The maximum atomic E-state index is 13.0. The number of allylic oxidation sites excluding steroid dienone is 2. The number of hydrogen-bond donors (Lipinski definition) is 0. The third-order valence-corrected chi connectivity index (χ3v) is 6.83. The fraction of sp³-hybridized carbons (Fsp3) is 0.600. The van der Waals surface area contributed by atoms with Gasteiger partial charge in [0, 0.05) is 44.8 Å². The third-order valence-electron chi connectivity index (χ3n) is 6.83. The van der Waals surface area contributed by atoms with Gasteiger partial charge in [-0.05, 0) is 48.6 Å². The molecule has 3 fully saturated rings. The number of nitrogens with zero attached hydrogens (tertiary/aromatic N) is 3. The van der Waals surface area contributed by atoms with Crippen LogP contribution in [-0.4, -0.2) is 46.9 Å². The first-order valence-electron chi connectivity index (χ1n) is 9.36. The standard InChI is InChI=1S/C20H25N3O/c24-19(17-13-15-4-5-18(17)20(15)6-7-20)23-11-9-22(10-12-23)14-16-3-1-2-8-21-16/h1-5,8,15,17-18H,6-7,9-14H2/t15-,17-,18-/m1/s1. The van der Waals surface area contributed by atoms with E-state index < -0.39 is 0 Å². The summed E-state index contributed by atoms with van der Waals surface area (Å²) < 4.78 is 0. The Balaban J connectivity index is 1.19. The minimum absolute atomic E-state index is 0.268. The van der Waals surface area contributed by atoms with Crippen molar-refractivity contribution in [2.75, 3.05) is 26.2 Å². The molecule has 4 nitrogen and oxygen atoms in total. The van der Waals surface area contributed by atoms with Crippen LogP contribution in [0.5, 0.6) is 0 Å². The summed E-state index contributed by atoms with van der Waals surface area (Å²) in [5, 5.41) is 0. The number of carbonyl (C=O) groups is 1. The predicted octanol–water partition coefficient (Wildman–Crippen LogP) is 2.33. The highest BCUT2D eigenvalue weighted by Crippen LogP contribution is 2.70. The van der Waals surface area contributed by atoms with Gasteiger partial charge in [0.15, 0.2) is 0 Å². The van der Waals surface area contributed by atoms with Crippen LogP contribution in [0.25, 0.3) is 0 Å². The summed E-state index contributed by atoms with van der Waals surface area (Å²) in [5.74, 6) is 1.93. The number of piperazine rings is 1. The highest BCUT2D eigenvalue weighted by Gasteiger charge is 2.64. The van der Waals surface area contributed by atoms with Crippen LogP contribution in [0.15, 0.2) is 36.5 Å². The average Bonchev–Trinajstić information content (AvgIpc) is 3.29. The molecule has 1 amide bonds.